The SMILES string of the molecule is Cc1cc(F)ccc1Nc1c(C(=O)N2CCC(c3ccc(F)cc3)CC2)cnc(S(=O)(=O)N2CCOC(C(=O)O)C2)c1Cl. The van der Waals surface area contributed by atoms with Gasteiger partial charge in [0.25, 0.3) is 15.9 Å². The van der Waals surface area contributed by atoms with Crippen molar-refractivity contribution >= 4 is 44.9 Å². The van der Waals surface area contributed by atoms with Crippen LogP contribution in [-0.4, -0.2) is 78.5 Å². The largest absolute Gasteiger partial charge is 0.479 e. The van der Waals surface area contributed by atoms with Gasteiger partial charge >= 0.3 is 5.97 Å². The van der Waals surface area contributed by atoms with E-state index in [1.807, 2.05) is 0 Å². The summed E-state index contributed by atoms with van der Waals surface area (Å²) in [5.74, 6) is -2.40. The van der Waals surface area contributed by atoms with Crippen molar-refractivity contribution < 1.29 is 36.6 Å². The minimum atomic E-state index is -4.40. The number of anilines is 2. The summed E-state index contributed by atoms with van der Waals surface area (Å²) in [6.45, 7) is 1.71. The van der Waals surface area contributed by atoms with Crippen LogP contribution < -0.4 is 5.32 Å². The standard InChI is InChI=1S/C29H29ClF2N4O6S/c1-17-14-21(32)6-7-23(17)34-26-22(28(37)35-10-8-19(9-11-35)18-2-4-20(31)5-3-18)15-33-27(25(26)30)43(40,41)36-12-13-42-24(16-36)29(38)39/h2-7,14-15,19,24H,8-13,16H2,1H3,(H,33,34)(H,38,39). The van der Waals surface area contributed by atoms with Crippen LogP contribution in [0.2, 0.25) is 5.02 Å². The lowest BCUT2D eigenvalue weighted by atomic mass is 9.89. The summed E-state index contributed by atoms with van der Waals surface area (Å²) in [5, 5.41) is 11.4. The average molecular weight is 635 g/mol. The van der Waals surface area contributed by atoms with E-state index in [0.29, 0.717) is 37.2 Å². The number of carboxylic acids is 1. The quantitative estimate of drug-likeness (QED) is 0.387. The smallest absolute Gasteiger partial charge is 0.334 e. The number of aromatic nitrogens is 1. The molecule has 1 aromatic heterocycles. The lowest BCUT2D eigenvalue weighted by Gasteiger charge is -2.33. The first-order valence-corrected chi connectivity index (χ1v) is 15.4. The van der Waals surface area contributed by atoms with Crippen molar-refractivity contribution in [3.05, 3.63) is 82.0 Å². The zero-order chi connectivity index (χ0) is 30.9. The van der Waals surface area contributed by atoms with Gasteiger partial charge in [0.2, 0.25) is 0 Å². The number of carbonyl (C=O) groups is 2. The van der Waals surface area contributed by atoms with Crippen molar-refractivity contribution in [1.29, 1.82) is 0 Å². The van der Waals surface area contributed by atoms with E-state index in [1.165, 1.54) is 30.3 Å². The highest BCUT2D eigenvalue weighted by Crippen LogP contribution is 2.37. The van der Waals surface area contributed by atoms with Crippen LogP contribution in [-0.2, 0) is 19.6 Å². The molecule has 2 fully saturated rings. The Hall–Kier alpha value is -3.65. The summed E-state index contributed by atoms with van der Waals surface area (Å²) < 4.78 is 60.5. The predicted octanol–water partition coefficient (Wildman–Crippen LogP) is 4.56. The minimum absolute atomic E-state index is 0.0123. The van der Waals surface area contributed by atoms with Gasteiger partial charge in [0.15, 0.2) is 11.1 Å². The average Bonchev–Trinajstić information content (AvgIpc) is 2.99. The molecule has 0 saturated carbocycles. The van der Waals surface area contributed by atoms with E-state index in [2.05, 4.69) is 10.3 Å². The van der Waals surface area contributed by atoms with Gasteiger partial charge in [0, 0.05) is 31.5 Å². The Kier molecular flexibility index (Phi) is 8.97. The Morgan fingerprint density at radius 2 is 1.74 bits per heavy atom. The number of rotatable bonds is 7. The Morgan fingerprint density at radius 1 is 1.07 bits per heavy atom. The summed E-state index contributed by atoms with van der Waals surface area (Å²) >= 11 is 6.70. The molecule has 43 heavy (non-hydrogen) atoms. The molecule has 0 spiro atoms. The van der Waals surface area contributed by atoms with Crippen molar-refractivity contribution in [2.45, 2.75) is 36.8 Å². The number of hydrogen-bond acceptors (Lipinski definition) is 7. The second kappa shape index (κ2) is 12.5. The first-order chi connectivity index (χ1) is 20.5. The van der Waals surface area contributed by atoms with Crippen LogP contribution in [0.5, 0.6) is 0 Å². The number of halogens is 3. The molecule has 228 valence electrons. The number of benzene rings is 2. The van der Waals surface area contributed by atoms with Gasteiger partial charge in [0.1, 0.15) is 16.7 Å². The van der Waals surface area contributed by atoms with Crippen molar-refractivity contribution in [3.8, 4) is 0 Å². The summed E-state index contributed by atoms with van der Waals surface area (Å²) in [5.41, 5.74) is 1.83. The van der Waals surface area contributed by atoms with E-state index in [0.717, 1.165) is 16.1 Å². The topological polar surface area (TPSA) is 129 Å². The van der Waals surface area contributed by atoms with Gasteiger partial charge in [-0.15, -0.1) is 0 Å². The van der Waals surface area contributed by atoms with Gasteiger partial charge in [-0.2, -0.15) is 4.31 Å². The molecule has 14 heteroatoms. The third kappa shape index (κ3) is 6.49. The minimum Gasteiger partial charge on any atom is -0.479 e. The van der Waals surface area contributed by atoms with Crippen molar-refractivity contribution in [2.24, 2.45) is 0 Å². The molecule has 3 aromatic rings. The summed E-state index contributed by atoms with van der Waals surface area (Å²) in [4.78, 5) is 31.0. The van der Waals surface area contributed by atoms with E-state index < -0.39 is 45.4 Å². The van der Waals surface area contributed by atoms with Gasteiger partial charge in [-0.05, 0) is 67.1 Å². The fourth-order valence-corrected chi connectivity index (χ4v) is 7.17. The number of morpholine rings is 1. The molecular weight excluding hydrogens is 606 g/mol. The number of pyridine rings is 1. The number of carboxylic acid groups (broad SMARTS) is 1. The van der Waals surface area contributed by atoms with Gasteiger partial charge in [0.05, 0.1) is 24.4 Å². The highest BCUT2D eigenvalue weighted by molar-refractivity contribution is 7.89. The van der Waals surface area contributed by atoms with Crippen LogP contribution in [0.15, 0.2) is 53.7 Å². The summed E-state index contributed by atoms with van der Waals surface area (Å²) in [6.07, 6.45) is 1.03. The zero-order valence-electron chi connectivity index (χ0n) is 23.1. The van der Waals surface area contributed by atoms with Crippen LogP contribution in [0.25, 0.3) is 0 Å². The molecule has 2 saturated heterocycles. The molecule has 3 heterocycles. The maximum Gasteiger partial charge on any atom is 0.334 e. The second-order valence-corrected chi connectivity index (χ2v) is 12.7. The van der Waals surface area contributed by atoms with Crippen molar-refractivity contribution in [1.82, 2.24) is 14.2 Å². The molecule has 0 bridgehead atoms. The number of aryl methyl sites for hydroxylation is 1. The predicted molar refractivity (Wildman–Crippen MR) is 154 cm³/mol. The third-order valence-electron chi connectivity index (χ3n) is 7.68. The van der Waals surface area contributed by atoms with Crippen LogP contribution in [0.3, 0.4) is 0 Å². The molecule has 5 rings (SSSR count). The number of nitrogens with zero attached hydrogens (tertiary/aromatic N) is 3. The molecule has 1 unspecified atom stereocenters. The van der Waals surface area contributed by atoms with Crippen molar-refractivity contribution in [3.63, 3.8) is 0 Å². The van der Waals surface area contributed by atoms with Gasteiger partial charge in [-0.3, -0.25) is 4.79 Å². The number of likely N-dealkylation sites (tertiary alicyclic amines) is 1. The Labute approximate surface area is 252 Å². The first-order valence-electron chi connectivity index (χ1n) is 13.6. The Morgan fingerprint density at radius 3 is 2.40 bits per heavy atom. The molecule has 0 radical (unpaired) electrons. The molecule has 2 N–H and O–H groups in total. The zero-order valence-corrected chi connectivity index (χ0v) is 24.7. The maximum absolute atomic E-state index is 13.8. The molecule has 0 aliphatic carbocycles. The molecule has 2 aliphatic heterocycles. The molecular formula is C29H29ClF2N4O6S. The Balaban J connectivity index is 1.47. The third-order valence-corrected chi connectivity index (χ3v) is 9.97. The van der Waals surface area contributed by atoms with Gasteiger partial charge < -0.3 is 20.1 Å². The van der Waals surface area contributed by atoms with E-state index in [4.69, 9.17) is 16.3 Å². The van der Waals surface area contributed by atoms with Crippen LogP contribution in [0.4, 0.5) is 20.2 Å². The number of piperidine rings is 1. The van der Waals surface area contributed by atoms with Crippen LogP contribution >= 0.6 is 11.6 Å². The number of hydrogen-bond donors (Lipinski definition) is 2. The number of carbonyl (C=O) groups excluding carboxylic acids is 1. The molecule has 1 atom stereocenters. The molecule has 2 aliphatic rings. The fraction of sp³-hybridized carbons (Fsp3) is 0.345. The summed E-state index contributed by atoms with van der Waals surface area (Å²) in [6, 6.07) is 10.2. The van der Waals surface area contributed by atoms with Gasteiger partial charge in [-0.1, -0.05) is 23.7 Å². The highest BCUT2D eigenvalue weighted by Gasteiger charge is 2.38. The number of ether oxygens (including phenoxy) is 1. The van der Waals surface area contributed by atoms with Gasteiger partial charge in [-0.25, -0.2) is 27.0 Å². The van der Waals surface area contributed by atoms with E-state index in [1.54, 1.807) is 24.0 Å². The molecule has 1 amide bonds. The summed E-state index contributed by atoms with van der Waals surface area (Å²) in [7, 11) is -4.40. The van der Waals surface area contributed by atoms with Crippen molar-refractivity contribution in [2.75, 3.05) is 38.1 Å². The second-order valence-electron chi connectivity index (χ2n) is 10.4. The highest BCUT2D eigenvalue weighted by atomic mass is 35.5. The lowest BCUT2D eigenvalue weighted by molar-refractivity contribution is -0.153. The number of nitrogens with one attached hydrogen (secondary N) is 1. The number of sulfonamides is 1. The lowest BCUT2D eigenvalue weighted by Crippen LogP contribution is -2.48. The maximum atomic E-state index is 13.8. The first kappa shape index (κ1) is 30.8. The molecule has 2 aromatic carbocycles. The van der Waals surface area contributed by atoms with Crippen LogP contribution in [0, 0.1) is 18.6 Å². The number of amides is 1. The monoisotopic (exact) mass is 634 g/mol. The van der Waals surface area contributed by atoms with E-state index in [9.17, 15) is 31.9 Å². The number of aliphatic carboxylic acids is 1. The van der Waals surface area contributed by atoms with E-state index >= 15 is 0 Å². The normalized spacial score (nSPS) is 18.4. The van der Waals surface area contributed by atoms with E-state index in [-0.39, 0.29) is 41.2 Å². The molecule has 10 nitrogen and oxygen atoms in total. The van der Waals surface area contributed by atoms with Crippen LogP contribution in [0.1, 0.15) is 40.2 Å². The fourth-order valence-electron chi connectivity index (χ4n) is 5.27. The Bertz CT molecular complexity index is 1650.